The van der Waals surface area contributed by atoms with Crippen molar-refractivity contribution in [1.29, 1.82) is 0 Å². The van der Waals surface area contributed by atoms with Gasteiger partial charge >= 0.3 is 6.18 Å². The van der Waals surface area contributed by atoms with Gasteiger partial charge in [-0.2, -0.15) is 13.2 Å². The topological polar surface area (TPSA) is 37.8 Å². The van der Waals surface area contributed by atoms with E-state index in [1.165, 1.54) is 0 Å². The van der Waals surface area contributed by atoms with Gasteiger partial charge in [-0.25, -0.2) is 9.97 Å². The van der Waals surface area contributed by atoms with Gasteiger partial charge in [0.2, 0.25) is 0 Å². The average molecular weight is 239 g/mol. The van der Waals surface area contributed by atoms with E-state index in [9.17, 15) is 13.2 Å². The molecule has 1 heterocycles. The number of benzene rings is 1. The average Bonchev–Trinajstić information content (AvgIpc) is 2.29. The summed E-state index contributed by atoms with van der Waals surface area (Å²) in [6, 6.07) is 9.69. The first kappa shape index (κ1) is 11.4. The summed E-state index contributed by atoms with van der Waals surface area (Å²) in [6.07, 6.45) is -3.58. The third-order valence-electron chi connectivity index (χ3n) is 2.00. The van der Waals surface area contributed by atoms with E-state index in [0.29, 0.717) is 5.69 Å². The number of hydrogen-bond donors (Lipinski definition) is 1. The molecule has 0 aliphatic carbocycles. The zero-order chi connectivity index (χ0) is 12.3. The SMILES string of the molecule is FC(F)(F)c1cc(Nc2ccccc2)ncn1. The molecule has 2 rings (SSSR count). The van der Waals surface area contributed by atoms with Crippen molar-refractivity contribution in [1.82, 2.24) is 9.97 Å². The van der Waals surface area contributed by atoms with Crippen LogP contribution in [-0.4, -0.2) is 9.97 Å². The zero-order valence-electron chi connectivity index (χ0n) is 8.57. The fourth-order valence-corrected chi connectivity index (χ4v) is 1.25. The molecule has 1 aromatic heterocycles. The highest BCUT2D eigenvalue weighted by molar-refractivity contribution is 5.55. The highest BCUT2D eigenvalue weighted by atomic mass is 19.4. The highest BCUT2D eigenvalue weighted by Crippen LogP contribution is 2.28. The van der Waals surface area contributed by atoms with Gasteiger partial charge in [-0.15, -0.1) is 0 Å². The zero-order valence-corrected chi connectivity index (χ0v) is 8.57. The van der Waals surface area contributed by atoms with Crippen LogP contribution < -0.4 is 5.32 Å². The smallest absolute Gasteiger partial charge is 0.340 e. The number of alkyl halides is 3. The van der Waals surface area contributed by atoms with Crippen LogP contribution in [0.25, 0.3) is 0 Å². The first-order valence-electron chi connectivity index (χ1n) is 4.77. The fourth-order valence-electron chi connectivity index (χ4n) is 1.25. The Morgan fingerprint density at radius 1 is 1.00 bits per heavy atom. The number of nitrogens with zero attached hydrogens (tertiary/aromatic N) is 2. The van der Waals surface area contributed by atoms with E-state index in [1.807, 2.05) is 6.07 Å². The normalized spacial score (nSPS) is 11.2. The Morgan fingerprint density at radius 2 is 1.71 bits per heavy atom. The summed E-state index contributed by atoms with van der Waals surface area (Å²) in [5, 5.41) is 2.77. The second kappa shape index (κ2) is 4.40. The van der Waals surface area contributed by atoms with E-state index in [2.05, 4.69) is 15.3 Å². The largest absolute Gasteiger partial charge is 0.433 e. The molecular formula is C11H8F3N3. The van der Waals surface area contributed by atoms with Gasteiger partial charge in [-0.3, -0.25) is 0 Å². The second-order valence-corrected chi connectivity index (χ2v) is 3.28. The van der Waals surface area contributed by atoms with Gasteiger partial charge in [-0.05, 0) is 12.1 Å². The molecule has 1 aromatic carbocycles. The van der Waals surface area contributed by atoms with E-state index in [1.54, 1.807) is 24.3 Å². The first-order chi connectivity index (χ1) is 8.05. The molecule has 0 aliphatic heterocycles. The summed E-state index contributed by atoms with van der Waals surface area (Å²) in [5.41, 5.74) is -0.301. The lowest BCUT2D eigenvalue weighted by molar-refractivity contribution is -0.141. The molecule has 0 atom stereocenters. The number of para-hydroxylation sites is 1. The van der Waals surface area contributed by atoms with Crippen molar-refractivity contribution in [2.24, 2.45) is 0 Å². The van der Waals surface area contributed by atoms with E-state index < -0.39 is 11.9 Å². The lowest BCUT2D eigenvalue weighted by atomic mass is 10.3. The molecule has 0 bridgehead atoms. The molecule has 1 N–H and O–H groups in total. The van der Waals surface area contributed by atoms with Gasteiger partial charge in [0.25, 0.3) is 0 Å². The molecule has 17 heavy (non-hydrogen) atoms. The van der Waals surface area contributed by atoms with Crippen molar-refractivity contribution in [2.75, 3.05) is 5.32 Å². The molecule has 0 fully saturated rings. The number of rotatable bonds is 2. The third-order valence-corrected chi connectivity index (χ3v) is 2.00. The van der Waals surface area contributed by atoms with Gasteiger partial charge in [0.1, 0.15) is 17.8 Å². The summed E-state index contributed by atoms with van der Waals surface area (Å²) in [5.74, 6) is 0.110. The quantitative estimate of drug-likeness (QED) is 0.874. The summed E-state index contributed by atoms with van der Waals surface area (Å²) in [4.78, 5) is 6.90. The van der Waals surface area contributed by atoms with Gasteiger partial charge in [-0.1, -0.05) is 18.2 Å². The van der Waals surface area contributed by atoms with Crippen LogP contribution in [0.4, 0.5) is 24.7 Å². The first-order valence-corrected chi connectivity index (χ1v) is 4.77. The van der Waals surface area contributed by atoms with E-state index >= 15 is 0 Å². The van der Waals surface area contributed by atoms with Gasteiger partial charge in [0.05, 0.1) is 0 Å². The monoisotopic (exact) mass is 239 g/mol. The molecule has 2 aromatic rings. The Hall–Kier alpha value is -2.11. The van der Waals surface area contributed by atoms with Crippen LogP contribution in [0, 0.1) is 0 Å². The standard InChI is InChI=1S/C11H8F3N3/c12-11(13,14)9-6-10(16-7-15-9)17-8-4-2-1-3-5-8/h1-7H,(H,15,16,17). The summed E-state index contributed by atoms with van der Waals surface area (Å²) in [6.45, 7) is 0. The molecular weight excluding hydrogens is 231 g/mol. The number of nitrogens with one attached hydrogen (secondary N) is 1. The molecule has 88 valence electrons. The molecule has 0 amide bonds. The van der Waals surface area contributed by atoms with Crippen LogP contribution in [-0.2, 0) is 6.18 Å². The fraction of sp³-hybridized carbons (Fsp3) is 0.0909. The highest BCUT2D eigenvalue weighted by Gasteiger charge is 2.32. The van der Waals surface area contributed by atoms with Crippen molar-refractivity contribution in [2.45, 2.75) is 6.18 Å². The van der Waals surface area contributed by atoms with Crippen LogP contribution in [0.1, 0.15) is 5.69 Å². The van der Waals surface area contributed by atoms with Crippen molar-refractivity contribution in [3.05, 3.63) is 48.4 Å². The predicted octanol–water partition coefficient (Wildman–Crippen LogP) is 3.24. The van der Waals surface area contributed by atoms with Crippen molar-refractivity contribution >= 4 is 11.5 Å². The van der Waals surface area contributed by atoms with Crippen LogP contribution in [0.15, 0.2) is 42.7 Å². The van der Waals surface area contributed by atoms with Gasteiger partial charge < -0.3 is 5.32 Å². The summed E-state index contributed by atoms with van der Waals surface area (Å²) >= 11 is 0. The predicted molar refractivity (Wildman–Crippen MR) is 56.8 cm³/mol. The molecule has 0 aliphatic rings. The Labute approximate surface area is 95.3 Å². The third kappa shape index (κ3) is 2.93. The second-order valence-electron chi connectivity index (χ2n) is 3.28. The van der Waals surface area contributed by atoms with Crippen molar-refractivity contribution in [3.63, 3.8) is 0 Å². The Morgan fingerprint density at radius 3 is 2.35 bits per heavy atom. The molecule has 0 unspecified atom stereocenters. The summed E-state index contributed by atoms with van der Waals surface area (Å²) < 4.78 is 37.2. The lowest BCUT2D eigenvalue weighted by Crippen LogP contribution is -2.09. The maximum Gasteiger partial charge on any atom is 0.433 e. The number of hydrogen-bond acceptors (Lipinski definition) is 3. The molecule has 0 saturated heterocycles. The van der Waals surface area contributed by atoms with E-state index in [4.69, 9.17) is 0 Å². The Balaban J connectivity index is 2.23. The summed E-state index contributed by atoms with van der Waals surface area (Å²) in [7, 11) is 0. The molecule has 0 spiro atoms. The van der Waals surface area contributed by atoms with E-state index in [0.717, 1.165) is 12.4 Å². The minimum absolute atomic E-state index is 0.110. The molecule has 0 radical (unpaired) electrons. The maximum atomic E-state index is 12.4. The van der Waals surface area contributed by atoms with Crippen LogP contribution in [0.2, 0.25) is 0 Å². The Bertz CT molecular complexity index is 497. The number of aromatic nitrogens is 2. The number of anilines is 2. The van der Waals surface area contributed by atoms with Gasteiger partial charge in [0, 0.05) is 11.8 Å². The molecule has 3 nitrogen and oxygen atoms in total. The number of halogens is 3. The molecule has 6 heteroatoms. The van der Waals surface area contributed by atoms with Crippen LogP contribution >= 0.6 is 0 Å². The van der Waals surface area contributed by atoms with Gasteiger partial charge in [0.15, 0.2) is 0 Å². The minimum Gasteiger partial charge on any atom is -0.340 e. The lowest BCUT2D eigenvalue weighted by Gasteiger charge is -2.08. The van der Waals surface area contributed by atoms with Crippen LogP contribution in [0.5, 0.6) is 0 Å². The van der Waals surface area contributed by atoms with Crippen molar-refractivity contribution in [3.8, 4) is 0 Å². The van der Waals surface area contributed by atoms with Crippen LogP contribution in [0.3, 0.4) is 0 Å². The Kier molecular flexibility index (Phi) is 2.95. The van der Waals surface area contributed by atoms with E-state index in [-0.39, 0.29) is 5.82 Å². The van der Waals surface area contributed by atoms with Crippen molar-refractivity contribution < 1.29 is 13.2 Å². The minimum atomic E-state index is -4.46. The molecule has 0 saturated carbocycles. The maximum absolute atomic E-state index is 12.4.